The Kier molecular flexibility index (Phi) is 12.0. The molecule has 3 atom stereocenters. The number of aliphatic hydroxyl groups is 1. The lowest BCUT2D eigenvalue weighted by molar-refractivity contribution is -0.148. The molecule has 0 radical (unpaired) electrons. The molecule has 3 N–H and O–H groups in total. The molecule has 1 aliphatic rings. The van der Waals surface area contributed by atoms with Gasteiger partial charge in [0.25, 0.3) is 11.8 Å². The van der Waals surface area contributed by atoms with Gasteiger partial charge in [-0.25, -0.2) is 0 Å². The highest BCUT2D eigenvalue weighted by atomic mass is 32.2. The summed E-state index contributed by atoms with van der Waals surface area (Å²) in [5.41, 5.74) is 4.62. The minimum Gasteiger partial charge on any atom is -0.491 e. The molecule has 0 spiro atoms. The Morgan fingerprint density at radius 1 is 0.957 bits per heavy atom. The van der Waals surface area contributed by atoms with Gasteiger partial charge in [-0.1, -0.05) is 54.6 Å². The number of amides is 3. The maximum Gasteiger partial charge on any atom is 0.258 e. The lowest BCUT2D eigenvalue weighted by Gasteiger charge is -2.33. The fraction of sp³-hybridized carbons (Fsp3) is 0.432. The van der Waals surface area contributed by atoms with E-state index < -0.39 is 34.7 Å². The standard InChI is InChI=1S/C37H47N3O6S/c1-23(2)46-29-17-15-27(16-18-29)19-30(39-31(41)21-45-33-25(4)12-10-13-26(33)5)32(42)36(44)40-22-47-37(6,7)34(40)35(43)38-20-28-14-9-8-11-24(28)3/h8-18,23,30,32,34,42H,19-22H2,1-7H3,(H,38,43)(H,39,41)/t30-,32-,34+/m0/s1. The van der Waals surface area contributed by atoms with Crippen LogP contribution in [0.2, 0.25) is 0 Å². The van der Waals surface area contributed by atoms with Crippen molar-refractivity contribution in [3.05, 3.63) is 94.5 Å². The van der Waals surface area contributed by atoms with Gasteiger partial charge < -0.3 is 30.1 Å². The second-order valence-electron chi connectivity index (χ2n) is 12.9. The van der Waals surface area contributed by atoms with Gasteiger partial charge in [-0.05, 0) is 94.8 Å². The van der Waals surface area contributed by atoms with Gasteiger partial charge in [0.15, 0.2) is 12.7 Å². The lowest BCUT2D eigenvalue weighted by atomic mass is 9.97. The quantitative estimate of drug-likeness (QED) is 0.240. The summed E-state index contributed by atoms with van der Waals surface area (Å²) >= 11 is 1.47. The van der Waals surface area contributed by atoms with Crippen molar-refractivity contribution < 1.29 is 29.0 Å². The van der Waals surface area contributed by atoms with Gasteiger partial charge in [-0.3, -0.25) is 14.4 Å². The van der Waals surface area contributed by atoms with E-state index in [0.29, 0.717) is 18.0 Å². The Labute approximate surface area is 282 Å². The summed E-state index contributed by atoms with van der Waals surface area (Å²) in [6.07, 6.45) is -1.45. The number of aliphatic hydroxyl groups excluding tert-OH is 1. The van der Waals surface area contributed by atoms with Crippen molar-refractivity contribution in [2.24, 2.45) is 0 Å². The summed E-state index contributed by atoms with van der Waals surface area (Å²) in [6.45, 7) is 13.5. The normalized spacial score (nSPS) is 16.8. The highest BCUT2D eigenvalue weighted by Gasteiger charge is 2.49. The second kappa shape index (κ2) is 15.7. The van der Waals surface area contributed by atoms with Gasteiger partial charge in [0.2, 0.25) is 5.91 Å². The molecule has 0 aromatic heterocycles. The number of hydrogen-bond acceptors (Lipinski definition) is 7. The smallest absolute Gasteiger partial charge is 0.258 e. The molecule has 3 aromatic carbocycles. The minimum absolute atomic E-state index is 0.00802. The third-order valence-corrected chi connectivity index (χ3v) is 9.65. The average Bonchev–Trinajstić information content (AvgIpc) is 3.34. The highest BCUT2D eigenvalue weighted by molar-refractivity contribution is 8.00. The molecule has 252 valence electrons. The summed E-state index contributed by atoms with van der Waals surface area (Å²) < 4.78 is 11.0. The van der Waals surface area contributed by atoms with Crippen molar-refractivity contribution >= 4 is 29.5 Å². The SMILES string of the molecule is Cc1ccccc1CNC(=O)[C@H]1N(C(=O)[C@@H](O)[C@H](Cc2ccc(OC(C)C)cc2)NC(=O)COc2c(C)cccc2C)CSC1(C)C. The van der Waals surface area contributed by atoms with E-state index >= 15 is 0 Å². The Morgan fingerprint density at radius 3 is 2.23 bits per heavy atom. The third-order valence-electron chi connectivity index (χ3n) is 8.28. The molecule has 4 rings (SSSR count). The number of nitrogens with one attached hydrogen (secondary N) is 2. The van der Waals surface area contributed by atoms with Gasteiger partial charge >= 0.3 is 0 Å². The molecule has 0 unspecified atom stereocenters. The van der Waals surface area contributed by atoms with Crippen LogP contribution < -0.4 is 20.1 Å². The third kappa shape index (κ3) is 9.29. The number of ether oxygens (including phenoxy) is 2. The van der Waals surface area contributed by atoms with Crippen LogP contribution in [0.5, 0.6) is 11.5 Å². The van der Waals surface area contributed by atoms with Crippen molar-refractivity contribution in [3.63, 3.8) is 0 Å². The number of hydrogen-bond donors (Lipinski definition) is 3. The molecule has 10 heteroatoms. The maximum absolute atomic E-state index is 14.0. The monoisotopic (exact) mass is 661 g/mol. The average molecular weight is 662 g/mol. The first-order valence-electron chi connectivity index (χ1n) is 16.0. The van der Waals surface area contributed by atoms with E-state index in [1.807, 2.05) is 115 Å². The van der Waals surface area contributed by atoms with E-state index in [1.165, 1.54) is 16.7 Å². The van der Waals surface area contributed by atoms with Crippen LogP contribution in [-0.2, 0) is 27.3 Å². The first-order valence-corrected chi connectivity index (χ1v) is 16.9. The molecule has 1 fully saturated rings. The Balaban J connectivity index is 1.52. The van der Waals surface area contributed by atoms with Crippen molar-refractivity contribution in [3.8, 4) is 11.5 Å². The van der Waals surface area contributed by atoms with E-state index in [0.717, 1.165) is 27.8 Å². The highest BCUT2D eigenvalue weighted by Crippen LogP contribution is 2.40. The van der Waals surface area contributed by atoms with Gasteiger partial charge in [0.05, 0.1) is 18.0 Å². The van der Waals surface area contributed by atoms with Crippen LogP contribution in [0.3, 0.4) is 0 Å². The molecule has 9 nitrogen and oxygen atoms in total. The number of thioether (sulfide) groups is 1. The number of para-hydroxylation sites is 1. The zero-order chi connectivity index (χ0) is 34.3. The lowest BCUT2D eigenvalue weighted by Crippen LogP contribution is -2.59. The molecule has 3 amide bonds. The van der Waals surface area contributed by atoms with Crippen molar-refractivity contribution in [1.82, 2.24) is 15.5 Å². The Hall–Kier alpha value is -4.02. The molecule has 0 saturated carbocycles. The fourth-order valence-electron chi connectivity index (χ4n) is 5.73. The topological polar surface area (TPSA) is 117 Å². The molecule has 1 heterocycles. The summed E-state index contributed by atoms with van der Waals surface area (Å²) in [7, 11) is 0. The van der Waals surface area contributed by atoms with Crippen LogP contribution in [0.1, 0.15) is 55.5 Å². The van der Waals surface area contributed by atoms with Crippen molar-refractivity contribution in [2.75, 3.05) is 12.5 Å². The van der Waals surface area contributed by atoms with Crippen LogP contribution in [-0.4, -0.2) is 69.3 Å². The van der Waals surface area contributed by atoms with E-state index in [2.05, 4.69) is 10.6 Å². The molecular formula is C37H47N3O6S. The summed E-state index contributed by atoms with van der Waals surface area (Å²) in [4.78, 5) is 42.3. The minimum atomic E-state index is -1.62. The molecule has 47 heavy (non-hydrogen) atoms. The summed E-state index contributed by atoms with van der Waals surface area (Å²) in [5, 5.41) is 17.4. The van der Waals surface area contributed by atoms with Gasteiger partial charge in [-0.2, -0.15) is 0 Å². The molecule has 0 aliphatic carbocycles. The number of aryl methyl sites for hydroxylation is 3. The maximum atomic E-state index is 14.0. The van der Waals surface area contributed by atoms with E-state index in [1.54, 1.807) is 0 Å². The van der Waals surface area contributed by atoms with E-state index in [4.69, 9.17) is 9.47 Å². The summed E-state index contributed by atoms with van der Waals surface area (Å²) in [6, 6.07) is 19.0. The predicted octanol–water partition coefficient (Wildman–Crippen LogP) is 4.86. The number of nitrogens with zero attached hydrogens (tertiary/aromatic N) is 1. The Morgan fingerprint density at radius 2 is 1.60 bits per heavy atom. The summed E-state index contributed by atoms with van der Waals surface area (Å²) in [5.74, 6) is 0.134. The van der Waals surface area contributed by atoms with Crippen LogP contribution in [0.4, 0.5) is 0 Å². The van der Waals surface area contributed by atoms with E-state index in [-0.39, 0.29) is 30.9 Å². The van der Waals surface area contributed by atoms with Crippen LogP contribution >= 0.6 is 11.8 Å². The first-order chi connectivity index (χ1) is 22.3. The molecule has 0 bridgehead atoms. The number of rotatable bonds is 13. The van der Waals surface area contributed by atoms with Crippen LogP contribution in [0.15, 0.2) is 66.7 Å². The zero-order valence-corrected chi connectivity index (χ0v) is 29.1. The van der Waals surface area contributed by atoms with Crippen molar-refractivity contribution in [1.29, 1.82) is 0 Å². The van der Waals surface area contributed by atoms with E-state index in [9.17, 15) is 19.5 Å². The first kappa shape index (κ1) is 35.8. The fourth-order valence-corrected chi connectivity index (χ4v) is 6.87. The number of carbonyl (C=O) groups is 3. The second-order valence-corrected chi connectivity index (χ2v) is 14.5. The van der Waals surface area contributed by atoms with Gasteiger partial charge in [0.1, 0.15) is 17.5 Å². The molecular weight excluding hydrogens is 614 g/mol. The van der Waals surface area contributed by atoms with Gasteiger partial charge in [-0.15, -0.1) is 11.8 Å². The molecule has 1 aliphatic heterocycles. The largest absolute Gasteiger partial charge is 0.491 e. The van der Waals surface area contributed by atoms with Crippen LogP contribution in [0.25, 0.3) is 0 Å². The van der Waals surface area contributed by atoms with Crippen LogP contribution in [0, 0.1) is 20.8 Å². The predicted molar refractivity (Wildman–Crippen MR) is 185 cm³/mol. The number of benzene rings is 3. The zero-order valence-electron chi connectivity index (χ0n) is 28.3. The van der Waals surface area contributed by atoms with Crippen molar-refractivity contribution in [2.45, 2.75) is 90.5 Å². The number of carbonyl (C=O) groups excluding carboxylic acids is 3. The Bertz CT molecular complexity index is 1540. The van der Waals surface area contributed by atoms with Gasteiger partial charge in [0, 0.05) is 11.3 Å². The molecule has 3 aromatic rings. The molecule has 1 saturated heterocycles.